The number of carbonyl (C=O) groups is 1. The van der Waals surface area contributed by atoms with E-state index in [1.165, 1.54) is 24.3 Å². The monoisotopic (exact) mass is 389 g/mol. The van der Waals surface area contributed by atoms with Crippen LogP contribution in [0.4, 0.5) is 11.4 Å². The number of nitrogens with one attached hydrogen (secondary N) is 1. The molecule has 0 unspecified atom stereocenters. The van der Waals surface area contributed by atoms with E-state index in [2.05, 4.69) is 10.3 Å². The molecule has 8 nitrogen and oxygen atoms in total. The normalized spacial score (nSPS) is 10.7. The Balaban J connectivity index is 1.60. The maximum absolute atomic E-state index is 12.4. The first-order chi connectivity index (χ1) is 14.0. The van der Waals surface area contributed by atoms with Gasteiger partial charge in [0.15, 0.2) is 5.58 Å². The number of hydrogen-bond acceptors (Lipinski definition) is 6. The number of nitro groups is 1. The van der Waals surface area contributed by atoms with Gasteiger partial charge in [0, 0.05) is 35.0 Å². The Morgan fingerprint density at radius 3 is 2.72 bits per heavy atom. The number of non-ortho nitro benzene ring substituents is 1. The summed E-state index contributed by atoms with van der Waals surface area (Å²) in [4.78, 5) is 27.2. The first-order valence-corrected chi connectivity index (χ1v) is 8.64. The van der Waals surface area contributed by atoms with Crippen LogP contribution in [0.2, 0.25) is 0 Å². The first kappa shape index (κ1) is 18.2. The van der Waals surface area contributed by atoms with Gasteiger partial charge in [-0.15, -0.1) is 0 Å². The highest BCUT2D eigenvalue weighted by Crippen LogP contribution is 2.28. The quantitative estimate of drug-likeness (QED) is 0.393. The second-order valence-corrected chi connectivity index (χ2v) is 6.20. The molecular weight excluding hydrogens is 374 g/mol. The van der Waals surface area contributed by atoms with Crippen molar-refractivity contribution in [2.45, 2.75) is 0 Å². The molecule has 0 aliphatic carbocycles. The Kier molecular flexibility index (Phi) is 4.66. The van der Waals surface area contributed by atoms with Crippen molar-refractivity contribution in [2.75, 3.05) is 12.4 Å². The lowest BCUT2D eigenvalue weighted by Gasteiger charge is -2.04. The second kappa shape index (κ2) is 7.43. The Bertz CT molecular complexity index is 1230. The molecule has 0 aliphatic rings. The number of hydrogen-bond donors (Lipinski definition) is 1. The minimum absolute atomic E-state index is 0.147. The van der Waals surface area contributed by atoms with E-state index >= 15 is 0 Å². The summed E-state index contributed by atoms with van der Waals surface area (Å²) in [6.45, 7) is 0. The summed E-state index contributed by atoms with van der Waals surface area (Å²) in [5, 5.41) is 13.6. The van der Waals surface area contributed by atoms with Gasteiger partial charge in [0.05, 0.1) is 12.0 Å². The first-order valence-electron chi connectivity index (χ1n) is 8.64. The Morgan fingerprint density at radius 1 is 1.10 bits per heavy atom. The van der Waals surface area contributed by atoms with Gasteiger partial charge in [-0.2, -0.15) is 0 Å². The van der Waals surface area contributed by atoms with E-state index in [0.29, 0.717) is 28.4 Å². The molecule has 0 radical (unpaired) electrons. The van der Waals surface area contributed by atoms with Gasteiger partial charge in [-0.1, -0.05) is 12.1 Å². The van der Waals surface area contributed by atoms with Gasteiger partial charge < -0.3 is 14.5 Å². The Hall–Kier alpha value is -4.20. The average molecular weight is 389 g/mol. The largest absolute Gasteiger partial charge is 0.497 e. The molecular formula is C21H15N3O5. The number of methoxy groups -OCH3 is 1. The van der Waals surface area contributed by atoms with Gasteiger partial charge >= 0.3 is 0 Å². The summed E-state index contributed by atoms with van der Waals surface area (Å²) in [7, 11) is 1.58. The van der Waals surface area contributed by atoms with E-state index in [0.717, 1.165) is 5.56 Å². The standard InChI is InChI=1S/C21H15N3O5/c1-28-17-7-3-5-14(11-17)21-23-18-9-8-15(12-19(18)29-21)22-20(25)13-4-2-6-16(10-13)24(26)27/h2-12H,1H3,(H,22,25). The number of rotatable bonds is 5. The molecule has 0 atom stereocenters. The molecule has 29 heavy (non-hydrogen) atoms. The molecule has 1 amide bonds. The van der Waals surface area contributed by atoms with Crippen LogP contribution in [-0.2, 0) is 0 Å². The van der Waals surface area contributed by atoms with E-state index in [-0.39, 0.29) is 11.3 Å². The van der Waals surface area contributed by atoms with E-state index in [1.807, 2.05) is 24.3 Å². The van der Waals surface area contributed by atoms with E-state index in [9.17, 15) is 14.9 Å². The van der Waals surface area contributed by atoms with Gasteiger partial charge in [0.1, 0.15) is 11.3 Å². The van der Waals surface area contributed by atoms with Crippen LogP contribution in [0, 0.1) is 10.1 Å². The summed E-state index contributed by atoms with van der Waals surface area (Å²) in [6.07, 6.45) is 0. The molecule has 3 aromatic carbocycles. The zero-order chi connectivity index (χ0) is 20.4. The van der Waals surface area contributed by atoms with Crippen molar-refractivity contribution >= 4 is 28.4 Å². The molecule has 0 aliphatic heterocycles. The maximum Gasteiger partial charge on any atom is 0.270 e. The molecule has 144 valence electrons. The van der Waals surface area contributed by atoms with Gasteiger partial charge in [-0.25, -0.2) is 4.98 Å². The topological polar surface area (TPSA) is 108 Å². The smallest absolute Gasteiger partial charge is 0.270 e. The number of oxazole rings is 1. The maximum atomic E-state index is 12.4. The van der Waals surface area contributed by atoms with Crippen LogP contribution in [0.3, 0.4) is 0 Å². The molecule has 0 fully saturated rings. The number of ether oxygens (including phenoxy) is 1. The van der Waals surface area contributed by atoms with Gasteiger partial charge in [-0.3, -0.25) is 14.9 Å². The highest BCUT2D eigenvalue weighted by atomic mass is 16.6. The van der Waals surface area contributed by atoms with Crippen molar-refractivity contribution in [3.63, 3.8) is 0 Å². The third kappa shape index (κ3) is 3.77. The predicted octanol–water partition coefficient (Wildman–Crippen LogP) is 4.66. The van der Waals surface area contributed by atoms with E-state index in [4.69, 9.17) is 9.15 Å². The number of carbonyl (C=O) groups excluding carboxylic acids is 1. The van der Waals surface area contributed by atoms with Crippen molar-refractivity contribution < 1.29 is 18.9 Å². The van der Waals surface area contributed by atoms with Crippen LogP contribution in [0.25, 0.3) is 22.6 Å². The summed E-state index contributed by atoms with van der Waals surface area (Å²) in [6, 6.07) is 17.9. The summed E-state index contributed by atoms with van der Waals surface area (Å²) < 4.78 is 11.0. The Labute approximate surface area is 164 Å². The number of fused-ring (bicyclic) bond motifs is 1. The highest BCUT2D eigenvalue weighted by Gasteiger charge is 2.14. The number of aromatic nitrogens is 1. The van der Waals surface area contributed by atoms with Crippen LogP contribution < -0.4 is 10.1 Å². The second-order valence-electron chi connectivity index (χ2n) is 6.20. The molecule has 8 heteroatoms. The lowest BCUT2D eigenvalue weighted by Crippen LogP contribution is -2.11. The third-order valence-electron chi connectivity index (χ3n) is 4.28. The molecule has 0 bridgehead atoms. The van der Waals surface area contributed by atoms with Gasteiger partial charge in [0.25, 0.3) is 11.6 Å². The molecule has 1 N–H and O–H groups in total. The number of benzene rings is 3. The van der Waals surface area contributed by atoms with Crippen molar-refractivity contribution in [1.29, 1.82) is 0 Å². The predicted molar refractivity (Wildman–Crippen MR) is 107 cm³/mol. The fourth-order valence-corrected chi connectivity index (χ4v) is 2.85. The molecule has 1 aromatic heterocycles. The number of nitrogens with zero attached hydrogens (tertiary/aromatic N) is 2. The van der Waals surface area contributed by atoms with Crippen molar-refractivity contribution in [3.8, 4) is 17.2 Å². The molecule has 0 saturated carbocycles. The van der Waals surface area contributed by atoms with E-state index in [1.54, 1.807) is 25.3 Å². The Morgan fingerprint density at radius 2 is 1.93 bits per heavy atom. The lowest BCUT2D eigenvalue weighted by atomic mass is 10.2. The lowest BCUT2D eigenvalue weighted by molar-refractivity contribution is -0.384. The zero-order valence-corrected chi connectivity index (χ0v) is 15.3. The fourth-order valence-electron chi connectivity index (χ4n) is 2.85. The highest BCUT2D eigenvalue weighted by molar-refractivity contribution is 6.05. The summed E-state index contributed by atoms with van der Waals surface area (Å²) >= 11 is 0. The minimum Gasteiger partial charge on any atom is -0.497 e. The van der Waals surface area contributed by atoms with Crippen molar-refractivity contribution in [2.24, 2.45) is 0 Å². The third-order valence-corrected chi connectivity index (χ3v) is 4.28. The number of anilines is 1. The molecule has 4 aromatic rings. The van der Waals surface area contributed by atoms with Crippen LogP contribution in [0.1, 0.15) is 10.4 Å². The fraction of sp³-hybridized carbons (Fsp3) is 0.0476. The van der Waals surface area contributed by atoms with Crippen LogP contribution in [-0.4, -0.2) is 22.9 Å². The molecule has 1 heterocycles. The number of nitro benzene ring substituents is 1. The van der Waals surface area contributed by atoms with Crippen molar-refractivity contribution in [1.82, 2.24) is 4.98 Å². The summed E-state index contributed by atoms with van der Waals surface area (Å²) in [5.74, 6) is 0.663. The number of amides is 1. The van der Waals surface area contributed by atoms with Crippen molar-refractivity contribution in [3.05, 3.63) is 82.4 Å². The van der Waals surface area contributed by atoms with Gasteiger partial charge in [-0.05, 0) is 36.4 Å². The molecule has 0 spiro atoms. The van der Waals surface area contributed by atoms with Crippen LogP contribution in [0.5, 0.6) is 5.75 Å². The molecule has 0 saturated heterocycles. The van der Waals surface area contributed by atoms with E-state index < -0.39 is 10.8 Å². The van der Waals surface area contributed by atoms with Crippen LogP contribution in [0.15, 0.2) is 71.1 Å². The van der Waals surface area contributed by atoms with Gasteiger partial charge in [0.2, 0.25) is 5.89 Å². The molecule has 4 rings (SSSR count). The van der Waals surface area contributed by atoms with Crippen LogP contribution >= 0.6 is 0 Å². The average Bonchev–Trinajstić information content (AvgIpc) is 3.17. The SMILES string of the molecule is COc1cccc(-c2nc3ccc(NC(=O)c4cccc([N+](=O)[O-])c4)cc3o2)c1. The minimum atomic E-state index is -0.544. The summed E-state index contributed by atoms with van der Waals surface area (Å²) in [5.41, 5.74) is 2.43. The zero-order valence-electron chi connectivity index (χ0n) is 15.3.